The molecule has 1 saturated heterocycles. The van der Waals surface area contributed by atoms with Gasteiger partial charge in [0.1, 0.15) is 6.04 Å². The molecule has 1 aromatic rings. The molecule has 2 rings (SSSR count). The Hall–Kier alpha value is -1.37. The number of nitriles is 1. The second kappa shape index (κ2) is 5.31. The quantitative estimate of drug-likeness (QED) is 0.781. The van der Waals surface area contributed by atoms with E-state index in [0.717, 1.165) is 31.9 Å². The van der Waals surface area contributed by atoms with Crippen molar-refractivity contribution in [3.05, 3.63) is 34.9 Å². The Labute approximate surface area is 103 Å². The van der Waals surface area contributed by atoms with Gasteiger partial charge in [0.25, 0.3) is 0 Å². The number of hydrogen-bond acceptors (Lipinski definition) is 3. The molecular formula is C14H18N2O. The predicted octanol–water partition coefficient (Wildman–Crippen LogP) is 2.20. The SMILES string of the molecule is Cc1ccc(C)c(C(C#N)N2CCOCC2)c1. The van der Waals surface area contributed by atoms with Crippen molar-refractivity contribution in [3.8, 4) is 6.07 Å². The van der Waals surface area contributed by atoms with Crippen LogP contribution in [0.5, 0.6) is 0 Å². The van der Waals surface area contributed by atoms with Crippen LogP contribution in [0.25, 0.3) is 0 Å². The zero-order valence-corrected chi connectivity index (χ0v) is 10.4. The molecule has 0 bridgehead atoms. The van der Waals surface area contributed by atoms with Crippen molar-refractivity contribution in [2.45, 2.75) is 19.9 Å². The molecule has 17 heavy (non-hydrogen) atoms. The van der Waals surface area contributed by atoms with Crippen LogP contribution in [-0.4, -0.2) is 31.2 Å². The van der Waals surface area contributed by atoms with Gasteiger partial charge in [-0.05, 0) is 25.0 Å². The summed E-state index contributed by atoms with van der Waals surface area (Å²) in [6.45, 7) is 7.26. The molecule has 1 aliphatic heterocycles. The zero-order valence-electron chi connectivity index (χ0n) is 10.4. The Morgan fingerprint density at radius 3 is 2.65 bits per heavy atom. The van der Waals surface area contributed by atoms with Gasteiger partial charge in [0.15, 0.2) is 0 Å². The number of hydrogen-bond donors (Lipinski definition) is 0. The van der Waals surface area contributed by atoms with E-state index >= 15 is 0 Å². The van der Waals surface area contributed by atoms with Gasteiger partial charge in [-0.1, -0.05) is 23.8 Å². The van der Waals surface area contributed by atoms with E-state index in [1.165, 1.54) is 11.1 Å². The van der Waals surface area contributed by atoms with E-state index in [1.54, 1.807) is 0 Å². The van der Waals surface area contributed by atoms with Gasteiger partial charge in [-0.3, -0.25) is 4.90 Å². The standard InChI is InChI=1S/C14H18N2O/c1-11-3-4-12(2)13(9-11)14(10-15)16-5-7-17-8-6-16/h3-4,9,14H,5-8H2,1-2H3. The number of rotatable bonds is 2. The lowest BCUT2D eigenvalue weighted by atomic mass is 9.98. The highest BCUT2D eigenvalue weighted by Gasteiger charge is 2.23. The average molecular weight is 230 g/mol. The van der Waals surface area contributed by atoms with Gasteiger partial charge < -0.3 is 4.74 Å². The van der Waals surface area contributed by atoms with Crippen LogP contribution in [0.4, 0.5) is 0 Å². The summed E-state index contributed by atoms with van der Waals surface area (Å²) in [5.41, 5.74) is 3.53. The fourth-order valence-electron chi connectivity index (χ4n) is 2.24. The van der Waals surface area contributed by atoms with Crippen LogP contribution in [0.1, 0.15) is 22.7 Å². The molecule has 1 unspecified atom stereocenters. The van der Waals surface area contributed by atoms with Gasteiger partial charge in [-0.25, -0.2) is 0 Å². The topological polar surface area (TPSA) is 36.3 Å². The second-order valence-electron chi connectivity index (χ2n) is 4.54. The molecule has 0 amide bonds. The van der Waals surface area contributed by atoms with Gasteiger partial charge in [0.2, 0.25) is 0 Å². The number of nitrogens with zero attached hydrogens (tertiary/aromatic N) is 2. The summed E-state index contributed by atoms with van der Waals surface area (Å²) in [4.78, 5) is 2.20. The molecule has 0 aliphatic carbocycles. The van der Waals surface area contributed by atoms with Crippen molar-refractivity contribution in [2.75, 3.05) is 26.3 Å². The number of morpholine rings is 1. The molecule has 0 spiro atoms. The van der Waals surface area contributed by atoms with Crippen molar-refractivity contribution in [1.29, 1.82) is 5.26 Å². The van der Waals surface area contributed by atoms with E-state index in [2.05, 4.69) is 43.0 Å². The third kappa shape index (κ3) is 2.66. The molecule has 1 aromatic carbocycles. The van der Waals surface area contributed by atoms with Crippen LogP contribution in [0.3, 0.4) is 0 Å². The van der Waals surface area contributed by atoms with Crippen LogP contribution < -0.4 is 0 Å². The summed E-state index contributed by atoms with van der Waals surface area (Å²) < 4.78 is 5.33. The van der Waals surface area contributed by atoms with Crippen LogP contribution in [0.15, 0.2) is 18.2 Å². The summed E-state index contributed by atoms with van der Waals surface area (Å²) in [5.74, 6) is 0. The summed E-state index contributed by atoms with van der Waals surface area (Å²) >= 11 is 0. The van der Waals surface area contributed by atoms with E-state index in [9.17, 15) is 5.26 Å². The summed E-state index contributed by atoms with van der Waals surface area (Å²) in [7, 11) is 0. The van der Waals surface area contributed by atoms with E-state index in [1.807, 2.05) is 0 Å². The molecule has 0 aromatic heterocycles. The average Bonchev–Trinajstić information content (AvgIpc) is 2.36. The lowest BCUT2D eigenvalue weighted by molar-refractivity contribution is 0.0265. The summed E-state index contributed by atoms with van der Waals surface area (Å²) in [5, 5.41) is 9.41. The summed E-state index contributed by atoms with van der Waals surface area (Å²) in [6.07, 6.45) is 0. The Morgan fingerprint density at radius 2 is 2.00 bits per heavy atom. The smallest absolute Gasteiger partial charge is 0.124 e. The highest BCUT2D eigenvalue weighted by Crippen LogP contribution is 2.25. The first-order valence-electron chi connectivity index (χ1n) is 6.01. The molecule has 3 heteroatoms. The highest BCUT2D eigenvalue weighted by molar-refractivity contribution is 5.35. The van der Waals surface area contributed by atoms with Crippen LogP contribution >= 0.6 is 0 Å². The van der Waals surface area contributed by atoms with Gasteiger partial charge >= 0.3 is 0 Å². The molecule has 1 aliphatic rings. The molecule has 0 radical (unpaired) electrons. The Morgan fingerprint density at radius 1 is 1.29 bits per heavy atom. The molecular weight excluding hydrogens is 212 g/mol. The Bertz CT molecular complexity index is 430. The van der Waals surface area contributed by atoms with Gasteiger partial charge in [0.05, 0.1) is 19.3 Å². The zero-order chi connectivity index (χ0) is 12.3. The van der Waals surface area contributed by atoms with Crippen molar-refractivity contribution in [1.82, 2.24) is 4.90 Å². The van der Waals surface area contributed by atoms with Crippen molar-refractivity contribution >= 4 is 0 Å². The van der Waals surface area contributed by atoms with Gasteiger partial charge in [-0.2, -0.15) is 5.26 Å². The van der Waals surface area contributed by atoms with E-state index in [-0.39, 0.29) is 6.04 Å². The highest BCUT2D eigenvalue weighted by atomic mass is 16.5. The first kappa shape index (κ1) is 12.1. The molecule has 1 atom stereocenters. The summed E-state index contributed by atoms with van der Waals surface area (Å²) in [6, 6.07) is 8.59. The maximum absolute atomic E-state index is 9.41. The lowest BCUT2D eigenvalue weighted by Crippen LogP contribution is -2.38. The fraction of sp³-hybridized carbons (Fsp3) is 0.500. The third-order valence-corrected chi connectivity index (χ3v) is 3.26. The molecule has 0 saturated carbocycles. The van der Waals surface area contributed by atoms with Crippen LogP contribution in [0, 0.1) is 25.2 Å². The van der Waals surface area contributed by atoms with Gasteiger partial charge in [-0.15, -0.1) is 0 Å². The van der Waals surface area contributed by atoms with E-state index < -0.39 is 0 Å². The van der Waals surface area contributed by atoms with E-state index in [4.69, 9.17) is 4.74 Å². The largest absolute Gasteiger partial charge is 0.379 e. The number of aryl methyl sites for hydroxylation is 2. The van der Waals surface area contributed by atoms with E-state index in [0.29, 0.717) is 0 Å². The number of ether oxygens (including phenoxy) is 1. The van der Waals surface area contributed by atoms with Crippen molar-refractivity contribution in [2.24, 2.45) is 0 Å². The second-order valence-corrected chi connectivity index (χ2v) is 4.54. The first-order valence-corrected chi connectivity index (χ1v) is 6.01. The monoisotopic (exact) mass is 230 g/mol. The minimum atomic E-state index is -0.140. The first-order chi connectivity index (χ1) is 8.22. The van der Waals surface area contributed by atoms with Crippen molar-refractivity contribution < 1.29 is 4.74 Å². The maximum atomic E-state index is 9.41. The molecule has 1 heterocycles. The Kier molecular flexibility index (Phi) is 3.78. The minimum Gasteiger partial charge on any atom is -0.379 e. The van der Waals surface area contributed by atoms with Crippen LogP contribution in [-0.2, 0) is 4.74 Å². The molecule has 90 valence electrons. The fourth-order valence-corrected chi connectivity index (χ4v) is 2.24. The third-order valence-electron chi connectivity index (χ3n) is 3.26. The molecule has 1 fully saturated rings. The molecule has 3 nitrogen and oxygen atoms in total. The maximum Gasteiger partial charge on any atom is 0.124 e. The van der Waals surface area contributed by atoms with Crippen LogP contribution in [0.2, 0.25) is 0 Å². The molecule has 0 N–H and O–H groups in total. The predicted molar refractivity (Wildman–Crippen MR) is 66.7 cm³/mol. The lowest BCUT2D eigenvalue weighted by Gasteiger charge is -2.31. The van der Waals surface area contributed by atoms with Crippen molar-refractivity contribution in [3.63, 3.8) is 0 Å². The number of benzene rings is 1. The minimum absolute atomic E-state index is 0.140. The normalized spacial score (nSPS) is 18.6. The Balaban J connectivity index is 2.28. The van der Waals surface area contributed by atoms with Gasteiger partial charge in [0, 0.05) is 13.1 Å².